The molecular weight excluding hydrogens is 356 g/mol. The molecule has 1 N–H and O–H groups in total. The van der Waals surface area contributed by atoms with E-state index in [2.05, 4.69) is 10.3 Å². The molecule has 134 valence electrons. The van der Waals surface area contributed by atoms with Gasteiger partial charge in [0.1, 0.15) is 6.04 Å². The second-order valence-electron chi connectivity index (χ2n) is 5.70. The fraction of sp³-hybridized carbons (Fsp3) is 0.235. The Morgan fingerprint density at radius 2 is 2.12 bits per heavy atom. The maximum atomic E-state index is 12.4. The zero-order chi connectivity index (χ0) is 18.5. The molecular formula is C17H16N4O4S. The first-order valence-electron chi connectivity index (χ1n) is 7.98. The van der Waals surface area contributed by atoms with Gasteiger partial charge in [-0.15, -0.1) is 11.3 Å². The normalized spacial score (nSPS) is 16.8. The summed E-state index contributed by atoms with van der Waals surface area (Å²) in [6, 6.07) is 5.37. The van der Waals surface area contributed by atoms with Gasteiger partial charge in [0.15, 0.2) is 5.13 Å². The zero-order valence-corrected chi connectivity index (χ0v) is 14.5. The van der Waals surface area contributed by atoms with Gasteiger partial charge in [-0.25, -0.2) is 4.98 Å². The molecule has 0 radical (unpaired) electrons. The summed E-state index contributed by atoms with van der Waals surface area (Å²) in [7, 11) is 0. The molecule has 2 heterocycles. The number of amides is 2. The van der Waals surface area contributed by atoms with Gasteiger partial charge in [-0.2, -0.15) is 0 Å². The van der Waals surface area contributed by atoms with E-state index in [1.54, 1.807) is 29.8 Å². The zero-order valence-electron chi connectivity index (χ0n) is 13.7. The summed E-state index contributed by atoms with van der Waals surface area (Å²) in [5.41, 5.74) is 0.666. The van der Waals surface area contributed by atoms with E-state index in [1.807, 2.05) is 0 Å². The number of rotatable bonds is 5. The number of non-ortho nitro benzene ring substituents is 1. The fourth-order valence-electron chi connectivity index (χ4n) is 2.75. The van der Waals surface area contributed by atoms with Crippen LogP contribution in [0.2, 0.25) is 0 Å². The molecule has 1 aromatic heterocycles. The minimum atomic E-state index is -0.520. The smallest absolute Gasteiger partial charge is 0.269 e. The lowest BCUT2D eigenvalue weighted by molar-refractivity contribution is -0.384. The molecule has 0 aliphatic carbocycles. The van der Waals surface area contributed by atoms with Gasteiger partial charge in [0.25, 0.3) is 5.69 Å². The number of benzene rings is 1. The molecule has 2 amide bonds. The monoisotopic (exact) mass is 372 g/mol. The van der Waals surface area contributed by atoms with E-state index in [0.717, 1.165) is 6.42 Å². The Hall–Kier alpha value is -3.07. The topological polar surface area (TPSA) is 105 Å². The quantitative estimate of drug-likeness (QED) is 0.493. The molecule has 0 bridgehead atoms. The van der Waals surface area contributed by atoms with Gasteiger partial charge in [0, 0.05) is 36.3 Å². The molecule has 8 nitrogen and oxygen atoms in total. The predicted molar refractivity (Wildman–Crippen MR) is 97.6 cm³/mol. The average Bonchev–Trinajstić information content (AvgIpc) is 3.31. The third-order valence-electron chi connectivity index (χ3n) is 4.02. The second kappa shape index (κ2) is 7.87. The van der Waals surface area contributed by atoms with Crippen molar-refractivity contribution < 1.29 is 14.5 Å². The summed E-state index contributed by atoms with van der Waals surface area (Å²) < 4.78 is 0. The number of nitro groups is 1. The Morgan fingerprint density at radius 3 is 2.77 bits per heavy atom. The Balaban J connectivity index is 1.64. The molecule has 1 aliphatic heterocycles. The minimum Gasteiger partial charge on any atom is -0.327 e. The van der Waals surface area contributed by atoms with E-state index in [4.69, 9.17) is 0 Å². The average molecular weight is 372 g/mol. The Morgan fingerprint density at radius 1 is 1.35 bits per heavy atom. The summed E-state index contributed by atoms with van der Waals surface area (Å²) in [5, 5.41) is 15.7. The first-order chi connectivity index (χ1) is 12.5. The van der Waals surface area contributed by atoms with Gasteiger partial charge in [-0.05, 0) is 36.6 Å². The summed E-state index contributed by atoms with van der Waals surface area (Å²) in [5.74, 6) is -0.505. The first-order valence-corrected chi connectivity index (χ1v) is 8.86. The van der Waals surface area contributed by atoms with Crippen LogP contribution in [0.3, 0.4) is 0 Å². The third kappa shape index (κ3) is 4.12. The molecule has 26 heavy (non-hydrogen) atoms. The third-order valence-corrected chi connectivity index (χ3v) is 4.71. The highest BCUT2D eigenvalue weighted by Crippen LogP contribution is 2.21. The number of carbonyl (C=O) groups excluding carboxylic acids is 2. The summed E-state index contributed by atoms with van der Waals surface area (Å²) in [6.45, 7) is 0.513. The van der Waals surface area contributed by atoms with Gasteiger partial charge in [-0.1, -0.05) is 0 Å². The molecule has 2 aromatic rings. The number of thiazole rings is 1. The van der Waals surface area contributed by atoms with Crippen LogP contribution in [0, 0.1) is 10.1 Å². The van der Waals surface area contributed by atoms with Crippen LogP contribution in [0.1, 0.15) is 18.4 Å². The van der Waals surface area contributed by atoms with Crippen LogP contribution in [0.25, 0.3) is 6.08 Å². The van der Waals surface area contributed by atoms with Crippen LogP contribution >= 0.6 is 11.3 Å². The highest BCUT2D eigenvalue weighted by Gasteiger charge is 2.33. The van der Waals surface area contributed by atoms with Crippen molar-refractivity contribution in [3.8, 4) is 0 Å². The second-order valence-corrected chi connectivity index (χ2v) is 6.59. The highest BCUT2D eigenvalue weighted by molar-refractivity contribution is 7.13. The summed E-state index contributed by atoms with van der Waals surface area (Å²) >= 11 is 1.32. The van der Waals surface area contributed by atoms with Crippen LogP contribution in [0.15, 0.2) is 41.9 Å². The van der Waals surface area contributed by atoms with Crippen LogP contribution in [-0.2, 0) is 9.59 Å². The minimum absolute atomic E-state index is 0.00746. The Bertz CT molecular complexity index is 833. The Kier molecular flexibility index (Phi) is 5.37. The van der Waals surface area contributed by atoms with Gasteiger partial charge in [-0.3, -0.25) is 19.7 Å². The number of carbonyl (C=O) groups is 2. The van der Waals surface area contributed by atoms with Crippen molar-refractivity contribution in [3.63, 3.8) is 0 Å². The molecule has 1 atom stereocenters. The number of nitrogens with one attached hydrogen (secondary N) is 1. The molecule has 9 heteroatoms. The van der Waals surface area contributed by atoms with E-state index in [0.29, 0.717) is 23.7 Å². The SMILES string of the molecule is O=C(Nc1nccs1)C1CCCN1C(=O)/C=C/c1ccc([N+](=O)[O-])cc1. The van der Waals surface area contributed by atoms with E-state index in [1.165, 1.54) is 34.4 Å². The number of nitrogens with zero attached hydrogens (tertiary/aromatic N) is 3. The van der Waals surface area contributed by atoms with Crippen molar-refractivity contribution in [2.45, 2.75) is 18.9 Å². The Labute approximate surface area is 153 Å². The number of nitro benzene ring substituents is 1. The summed E-state index contributed by atoms with van der Waals surface area (Å²) in [6.07, 6.45) is 5.93. The van der Waals surface area contributed by atoms with Gasteiger partial charge in [0.2, 0.25) is 11.8 Å². The van der Waals surface area contributed by atoms with Gasteiger partial charge >= 0.3 is 0 Å². The van der Waals surface area contributed by atoms with E-state index in [-0.39, 0.29) is 17.5 Å². The van der Waals surface area contributed by atoms with Crippen LogP contribution in [-0.4, -0.2) is 39.2 Å². The predicted octanol–water partition coefficient (Wildman–Crippen LogP) is 2.69. The molecule has 1 aliphatic rings. The number of hydrogen-bond donors (Lipinski definition) is 1. The van der Waals surface area contributed by atoms with Crippen molar-refractivity contribution in [3.05, 3.63) is 57.6 Å². The standard InChI is InChI=1S/C17H16N4O4S/c22-15(8-5-12-3-6-13(7-4-12)21(24)25)20-10-1-2-14(20)16(23)19-17-18-9-11-26-17/h3-9,11,14H,1-2,10H2,(H,18,19,23)/b8-5+. The maximum absolute atomic E-state index is 12.4. The molecule has 1 unspecified atom stereocenters. The molecule has 3 rings (SSSR count). The maximum Gasteiger partial charge on any atom is 0.269 e. The highest BCUT2D eigenvalue weighted by atomic mass is 32.1. The molecule has 1 fully saturated rings. The van der Waals surface area contributed by atoms with Crippen LogP contribution in [0.5, 0.6) is 0 Å². The molecule has 0 spiro atoms. The van der Waals surface area contributed by atoms with Crippen molar-refractivity contribution in [1.29, 1.82) is 0 Å². The van der Waals surface area contributed by atoms with Crippen molar-refractivity contribution in [2.75, 3.05) is 11.9 Å². The lowest BCUT2D eigenvalue weighted by atomic mass is 10.2. The van der Waals surface area contributed by atoms with E-state index < -0.39 is 11.0 Å². The van der Waals surface area contributed by atoms with Crippen molar-refractivity contribution in [2.24, 2.45) is 0 Å². The number of aromatic nitrogens is 1. The lowest BCUT2D eigenvalue weighted by Crippen LogP contribution is -2.42. The van der Waals surface area contributed by atoms with Gasteiger partial charge < -0.3 is 10.2 Å². The number of anilines is 1. The first kappa shape index (κ1) is 17.7. The van der Waals surface area contributed by atoms with Gasteiger partial charge in [0.05, 0.1) is 4.92 Å². The number of hydrogen-bond acceptors (Lipinski definition) is 6. The largest absolute Gasteiger partial charge is 0.327 e. The fourth-order valence-corrected chi connectivity index (χ4v) is 3.28. The summed E-state index contributed by atoms with van der Waals surface area (Å²) in [4.78, 5) is 40.5. The van der Waals surface area contributed by atoms with Crippen LogP contribution in [0.4, 0.5) is 10.8 Å². The molecule has 1 aromatic carbocycles. The van der Waals surface area contributed by atoms with Crippen LogP contribution < -0.4 is 5.32 Å². The van der Waals surface area contributed by atoms with Crippen molar-refractivity contribution in [1.82, 2.24) is 9.88 Å². The molecule has 0 saturated carbocycles. The van der Waals surface area contributed by atoms with E-state index >= 15 is 0 Å². The molecule has 1 saturated heterocycles. The van der Waals surface area contributed by atoms with E-state index in [9.17, 15) is 19.7 Å². The lowest BCUT2D eigenvalue weighted by Gasteiger charge is -2.22. The van der Waals surface area contributed by atoms with Crippen molar-refractivity contribution >= 4 is 40.0 Å². The number of likely N-dealkylation sites (tertiary alicyclic amines) is 1.